The zero-order valence-corrected chi connectivity index (χ0v) is 18.3. The monoisotopic (exact) mass is 436 g/mol. The molecule has 0 unspecified atom stereocenters. The topological polar surface area (TPSA) is 80.1 Å². The van der Waals surface area contributed by atoms with Crippen molar-refractivity contribution in [2.24, 2.45) is 0 Å². The second-order valence-corrected chi connectivity index (χ2v) is 8.34. The number of nitrogens with one attached hydrogen (secondary N) is 1. The lowest BCUT2D eigenvalue weighted by atomic mass is 10.1. The van der Waals surface area contributed by atoms with Crippen LogP contribution in [-0.2, 0) is 6.42 Å². The second kappa shape index (κ2) is 9.11. The number of anilines is 1. The van der Waals surface area contributed by atoms with E-state index < -0.39 is 0 Å². The first-order valence-corrected chi connectivity index (χ1v) is 11.2. The Hall–Kier alpha value is -3.15. The van der Waals surface area contributed by atoms with E-state index in [1.54, 1.807) is 24.8 Å². The first-order chi connectivity index (χ1) is 14.7. The summed E-state index contributed by atoms with van der Waals surface area (Å²) in [6.07, 6.45) is 2.27. The molecule has 0 fully saturated rings. The number of benzene rings is 1. The molecule has 0 saturated heterocycles. The molecule has 0 aliphatic heterocycles. The average molecular weight is 437 g/mol. The van der Waals surface area contributed by atoms with E-state index in [2.05, 4.69) is 21.4 Å². The number of aromatic nitrogens is 2. The molecule has 6 nitrogen and oxygen atoms in total. The third kappa shape index (κ3) is 4.08. The van der Waals surface area contributed by atoms with E-state index in [-0.39, 0.29) is 0 Å². The number of hydrogen-bond acceptors (Lipinski definition) is 8. The number of rotatable bonds is 8. The molecule has 0 spiro atoms. The van der Waals surface area contributed by atoms with E-state index >= 15 is 0 Å². The molecule has 0 atom stereocenters. The molecule has 3 heterocycles. The van der Waals surface area contributed by atoms with Gasteiger partial charge >= 0.3 is 0 Å². The molecule has 8 heteroatoms. The Morgan fingerprint density at radius 2 is 2.13 bits per heavy atom. The smallest absolute Gasteiger partial charge is 0.136 e. The maximum atomic E-state index is 9.57. The molecule has 0 amide bonds. The molecule has 0 aliphatic rings. The lowest BCUT2D eigenvalue weighted by molar-refractivity contribution is 0.342. The molecular formula is C22H20N4O2S2. The number of thiophene rings is 2. The van der Waals surface area contributed by atoms with E-state index in [4.69, 9.17) is 9.47 Å². The molecule has 3 aromatic heterocycles. The molecule has 0 radical (unpaired) electrons. The van der Waals surface area contributed by atoms with Gasteiger partial charge in [0.25, 0.3) is 0 Å². The molecule has 0 saturated carbocycles. The van der Waals surface area contributed by atoms with Crippen molar-refractivity contribution in [2.75, 3.05) is 25.6 Å². The Kier molecular flexibility index (Phi) is 6.12. The maximum Gasteiger partial charge on any atom is 0.136 e. The van der Waals surface area contributed by atoms with Crippen LogP contribution in [0.1, 0.15) is 17.4 Å². The molecular weight excluding hydrogens is 416 g/mol. The quantitative estimate of drug-likeness (QED) is 0.401. The summed E-state index contributed by atoms with van der Waals surface area (Å²) in [5, 5.41) is 16.0. The Morgan fingerprint density at radius 3 is 2.93 bits per heavy atom. The van der Waals surface area contributed by atoms with Crippen molar-refractivity contribution in [3.63, 3.8) is 0 Å². The Balaban J connectivity index is 1.49. The Morgan fingerprint density at radius 1 is 1.23 bits per heavy atom. The summed E-state index contributed by atoms with van der Waals surface area (Å²) in [4.78, 5) is 10.5. The summed E-state index contributed by atoms with van der Waals surface area (Å²) in [6.45, 7) is 3.26. The number of nitriles is 1. The van der Waals surface area contributed by atoms with Gasteiger partial charge in [-0.3, -0.25) is 0 Å². The van der Waals surface area contributed by atoms with Crippen molar-refractivity contribution in [1.29, 1.82) is 5.26 Å². The summed E-state index contributed by atoms with van der Waals surface area (Å²) in [6, 6.07) is 12.2. The minimum absolute atomic E-state index is 0.639. The van der Waals surface area contributed by atoms with Crippen LogP contribution in [0.25, 0.3) is 20.7 Å². The SMILES string of the molecule is CCOc1csc(-c2cc(NCCc3c(C#N)sc4c(OC)cccc34)ncn2)c1. The van der Waals surface area contributed by atoms with Crippen LogP contribution in [0.15, 0.2) is 42.0 Å². The van der Waals surface area contributed by atoms with E-state index in [0.717, 1.165) is 48.4 Å². The van der Waals surface area contributed by atoms with Gasteiger partial charge in [0, 0.05) is 29.4 Å². The zero-order valence-electron chi connectivity index (χ0n) is 16.6. The van der Waals surface area contributed by atoms with Crippen LogP contribution in [0, 0.1) is 11.3 Å². The lowest BCUT2D eigenvalue weighted by Gasteiger charge is -2.07. The maximum absolute atomic E-state index is 9.57. The summed E-state index contributed by atoms with van der Waals surface area (Å²) >= 11 is 3.07. The lowest BCUT2D eigenvalue weighted by Crippen LogP contribution is -2.07. The fraction of sp³-hybridized carbons (Fsp3) is 0.227. The summed E-state index contributed by atoms with van der Waals surface area (Å²) in [5.74, 6) is 2.41. The minimum atomic E-state index is 0.639. The fourth-order valence-corrected chi connectivity index (χ4v) is 5.18. The van der Waals surface area contributed by atoms with Crippen LogP contribution in [0.3, 0.4) is 0 Å². The Labute approximate surface area is 182 Å². The summed E-state index contributed by atoms with van der Waals surface area (Å²) < 4.78 is 12.0. The second-order valence-electron chi connectivity index (χ2n) is 6.40. The summed E-state index contributed by atoms with van der Waals surface area (Å²) in [7, 11) is 1.65. The van der Waals surface area contributed by atoms with Crippen LogP contribution in [0.5, 0.6) is 11.5 Å². The van der Waals surface area contributed by atoms with Gasteiger partial charge in [-0.05, 0) is 25.0 Å². The van der Waals surface area contributed by atoms with Crippen molar-refractivity contribution in [3.8, 4) is 28.1 Å². The molecule has 30 heavy (non-hydrogen) atoms. The first kappa shape index (κ1) is 20.1. The van der Waals surface area contributed by atoms with Crippen LogP contribution in [-0.4, -0.2) is 30.2 Å². The number of ether oxygens (including phenoxy) is 2. The van der Waals surface area contributed by atoms with Crippen molar-refractivity contribution >= 4 is 38.6 Å². The first-order valence-electron chi connectivity index (χ1n) is 9.49. The number of fused-ring (bicyclic) bond motifs is 1. The van der Waals surface area contributed by atoms with E-state index in [1.165, 1.54) is 11.3 Å². The van der Waals surface area contributed by atoms with Gasteiger partial charge in [-0.1, -0.05) is 12.1 Å². The van der Waals surface area contributed by atoms with Crippen LogP contribution >= 0.6 is 22.7 Å². The van der Waals surface area contributed by atoms with Gasteiger partial charge in [0.1, 0.15) is 34.6 Å². The predicted octanol–water partition coefficient (Wildman–Crippen LogP) is 5.35. The standard InChI is InChI=1S/C22H20N4O2S2/c1-3-28-14-9-19(29-12-14)17-10-21(26-13-25-17)24-8-7-15-16-5-4-6-18(27-2)22(16)30-20(15)11-23/h4-6,9-10,12-13H,3,7-8H2,1-2H3,(H,24,25,26). The molecule has 0 aliphatic carbocycles. The van der Waals surface area contributed by atoms with Gasteiger partial charge in [-0.2, -0.15) is 5.26 Å². The highest BCUT2D eigenvalue weighted by molar-refractivity contribution is 7.20. The van der Waals surface area contributed by atoms with E-state index in [0.29, 0.717) is 19.6 Å². The molecule has 152 valence electrons. The van der Waals surface area contributed by atoms with Gasteiger partial charge in [-0.25, -0.2) is 9.97 Å². The third-order valence-corrected chi connectivity index (χ3v) is 6.69. The van der Waals surface area contributed by atoms with Crippen LogP contribution in [0.4, 0.5) is 5.82 Å². The average Bonchev–Trinajstić information content (AvgIpc) is 3.39. The van der Waals surface area contributed by atoms with Crippen molar-refractivity contribution in [1.82, 2.24) is 9.97 Å². The van der Waals surface area contributed by atoms with Gasteiger partial charge in [0.05, 0.1) is 29.0 Å². The van der Waals surface area contributed by atoms with Gasteiger partial charge in [-0.15, -0.1) is 22.7 Å². The zero-order chi connectivity index (χ0) is 20.9. The van der Waals surface area contributed by atoms with Crippen molar-refractivity contribution < 1.29 is 9.47 Å². The Bertz CT molecular complexity index is 1210. The van der Waals surface area contributed by atoms with E-state index in [9.17, 15) is 5.26 Å². The number of hydrogen-bond donors (Lipinski definition) is 1. The highest BCUT2D eigenvalue weighted by Crippen LogP contribution is 2.37. The molecule has 0 bridgehead atoms. The molecule has 1 aromatic carbocycles. The minimum Gasteiger partial charge on any atom is -0.495 e. The number of methoxy groups -OCH3 is 1. The van der Waals surface area contributed by atoms with Crippen molar-refractivity contribution in [3.05, 3.63) is 52.5 Å². The molecule has 1 N–H and O–H groups in total. The normalized spacial score (nSPS) is 10.7. The van der Waals surface area contributed by atoms with E-state index in [1.807, 2.05) is 42.6 Å². The fourth-order valence-electron chi connectivity index (χ4n) is 3.24. The number of nitrogens with zero attached hydrogens (tertiary/aromatic N) is 3. The van der Waals surface area contributed by atoms with Gasteiger partial charge in [0.15, 0.2) is 0 Å². The van der Waals surface area contributed by atoms with Crippen LogP contribution < -0.4 is 14.8 Å². The van der Waals surface area contributed by atoms with Gasteiger partial charge in [0.2, 0.25) is 0 Å². The predicted molar refractivity (Wildman–Crippen MR) is 122 cm³/mol. The molecule has 4 aromatic rings. The van der Waals surface area contributed by atoms with Crippen LogP contribution in [0.2, 0.25) is 0 Å². The highest BCUT2D eigenvalue weighted by atomic mass is 32.1. The van der Waals surface area contributed by atoms with Crippen molar-refractivity contribution in [2.45, 2.75) is 13.3 Å². The largest absolute Gasteiger partial charge is 0.495 e. The molecule has 4 rings (SSSR count). The summed E-state index contributed by atoms with van der Waals surface area (Å²) in [5.41, 5.74) is 1.89. The highest BCUT2D eigenvalue weighted by Gasteiger charge is 2.15. The van der Waals surface area contributed by atoms with Gasteiger partial charge < -0.3 is 14.8 Å². The third-order valence-electron chi connectivity index (χ3n) is 4.59.